The predicted octanol–water partition coefficient (Wildman–Crippen LogP) is 1.75. The number of nitrogens with two attached hydrogens (primary N) is 1. The largest absolute Gasteiger partial charge is 0.395 e. The Morgan fingerprint density at radius 3 is 2.29 bits per heavy atom. The van der Waals surface area contributed by atoms with E-state index in [1.165, 1.54) is 0 Å². The van der Waals surface area contributed by atoms with Crippen molar-refractivity contribution in [3.8, 4) is 0 Å². The Bertz CT molecular complexity index is 439. The lowest BCUT2D eigenvalue weighted by Gasteiger charge is -2.23. The summed E-state index contributed by atoms with van der Waals surface area (Å²) >= 11 is 0. The van der Waals surface area contributed by atoms with E-state index < -0.39 is 0 Å². The summed E-state index contributed by atoms with van der Waals surface area (Å²) in [6.45, 7) is 12.8. The quantitative estimate of drug-likeness (QED) is 0.727. The molecule has 0 saturated heterocycles. The first-order chi connectivity index (χ1) is 10.1. The molecule has 0 atom stereocenters. The van der Waals surface area contributed by atoms with Crippen LogP contribution in [0.1, 0.15) is 50.3 Å². The molecule has 0 aliphatic carbocycles. The molecule has 120 valence electrons. The van der Waals surface area contributed by atoms with Gasteiger partial charge in [0.1, 0.15) is 0 Å². The molecule has 0 aromatic carbocycles. The molecule has 0 fully saturated rings. The topological polar surface area (TPSA) is 78.2 Å². The minimum atomic E-state index is -0.0782. The van der Waals surface area contributed by atoms with Crippen LogP contribution in [0.2, 0.25) is 0 Å². The van der Waals surface area contributed by atoms with Gasteiger partial charge in [-0.3, -0.25) is 9.89 Å². The number of hydrogen-bond acceptors (Lipinski definition) is 4. The van der Waals surface area contributed by atoms with Crippen molar-refractivity contribution in [1.29, 1.82) is 0 Å². The number of carbonyl (C=O) groups is 1. The normalized spacial score (nSPS) is 11.1. The maximum atomic E-state index is 12.5. The lowest BCUT2D eigenvalue weighted by atomic mass is 10.2. The highest BCUT2D eigenvalue weighted by Gasteiger charge is 2.21. The van der Waals surface area contributed by atoms with Crippen LogP contribution in [0.5, 0.6) is 0 Å². The van der Waals surface area contributed by atoms with Gasteiger partial charge in [0.15, 0.2) is 5.69 Å². The van der Waals surface area contributed by atoms with E-state index in [0.29, 0.717) is 17.9 Å². The fraction of sp³-hybridized carbons (Fsp3) is 0.733. The summed E-state index contributed by atoms with van der Waals surface area (Å²) in [7, 11) is 0. The summed E-state index contributed by atoms with van der Waals surface area (Å²) in [6.07, 6.45) is 1.71. The van der Waals surface area contributed by atoms with Gasteiger partial charge in [-0.05, 0) is 39.4 Å². The highest BCUT2D eigenvalue weighted by Crippen LogP contribution is 2.16. The number of hydrogen-bond donors (Lipinski definition) is 2. The third-order valence-electron chi connectivity index (χ3n) is 3.90. The van der Waals surface area contributed by atoms with E-state index in [1.807, 2.05) is 18.7 Å². The zero-order valence-electron chi connectivity index (χ0n) is 13.8. The molecule has 6 heteroatoms. The van der Waals surface area contributed by atoms with Gasteiger partial charge < -0.3 is 15.5 Å². The number of anilines is 1. The van der Waals surface area contributed by atoms with Gasteiger partial charge in [-0.25, -0.2) is 0 Å². The van der Waals surface area contributed by atoms with Crippen LogP contribution in [0.15, 0.2) is 0 Å². The van der Waals surface area contributed by atoms with Crippen molar-refractivity contribution >= 4 is 11.6 Å². The maximum Gasteiger partial charge on any atom is 0.276 e. The summed E-state index contributed by atoms with van der Waals surface area (Å²) in [5, 5.41) is 6.92. The molecule has 21 heavy (non-hydrogen) atoms. The van der Waals surface area contributed by atoms with E-state index in [1.54, 1.807) is 0 Å². The van der Waals surface area contributed by atoms with Crippen LogP contribution in [-0.2, 0) is 6.42 Å². The molecule has 1 aromatic heterocycles. The van der Waals surface area contributed by atoms with Gasteiger partial charge in [0.05, 0.1) is 11.4 Å². The van der Waals surface area contributed by atoms with E-state index in [-0.39, 0.29) is 5.91 Å². The Hall–Kier alpha value is -1.56. The molecule has 6 nitrogen and oxygen atoms in total. The monoisotopic (exact) mass is 295 g/mol. The summed E-state index contributed by atoms with van der Waals surface area (Å²) in [6, 6.07) is 0. The maximum absolute atomic E-state index is 12.5. The first-order valence-corrected chi connectivity index (χ1v) is 7.93. The predicted molar refractivity (Wildman–Crippen MR) is 86.4 cm³/mol. The Morgan fingerprint density at radius 2 is 1.81 bits per heavy atom. The van der Waals surface area contributed by atoms with Crippen LogP contribution in [0.25, 0.3) is 0 Å². The molecule has 0 saturated carbocycles. The smallest absolute Gasteiger partial charge is 0.276 e. The number of carbonyl (C=O) groups excluding carboxylic acids is 1. The van der Waals surface area contributed by atoms with Crippen LogP contribution < -0.4 is 5.73 Å². The number of aryl methyl sites for hydroxylation is 1. The number of amides is 1. The number of aromatic amines is 1. The SMILES string of the molecule is CCc1[nH]nc(C(=O)N(CC)CCCN(CC)CC)c1N. The molecular weight excluding hydrogens is 266 g/mol. The molecule has 1 rings (SSSR count). The molecular formula is C15H29N5O. The van der Waals surface area contributed by atoms with Crippen LogP contribution in [0.3, 0.4) is 0 Å². The number of H-pyrrole nitrogens is 1. The van der Waals surface area contributed by atoms with Crippen LogP contribution >= 0.6 is 0 Å². The fourth-order valence-corrected chi connectivity index (χ4v) is 2.40. The minimum Gasteiger partial charge on any atom is -0.395 e. The van der Waals surface area contributed by atoms with Crippen LogP contribution in [0.4, 0.5) is 5.69 Å². The van der Waals surface area contributed by atoms with E-state index in [2.05, 4.69) is 28.9 Å². The van der Waals surface area contributed by atoms with Crippen molar-refractivity contribution in [2.75, 3.05) is 38.5 Å². The van der Waals surface area contributed by atoms with Gasteiger partial charge in [0.25, 0.3) is 5.91 Å². The first-order valence-electron chi connectivity index (χ1n) is 7.93. The van der Waals surface area contributed by atoms with Gasteiger partial charge in [0.2, 0.25) is 0 Å². The molecule has 1 aromatic rings. The lowest BCUT2D eigenvalue weighted by Crippen LogP contribution is -2.35. The second-order valence-corrected chi connectivity index (χ2v) is 5.08. The van der Waals surface area contributed by atoms with Gasteiger partial charge in [0, 0.05) is 13.1 Å². The van der Waals surface area contributed by atoms with Crippen LogP contribution in [-0.4, -0.2) is 58.6 Å². The van der Waals surface area contributed by atoms with E-state index >= 15 is 0 Å². The van der Waals surface area contributed by atoms with E-state index in [0.717, 1.165) is 44.7 Å². The van der Waals surface area contributed by atoms with Crippen molar-refractivity contribution < 1.29 is 4.79 Å². The first kappa shape index (κ1) is 17.5. The van der Waals surface area contributed by atoms with Crippen molar-refractivity contribution in [2.24, 2.45) is 0 Å². The van der Waals surface area contributed by atoms with Gasteiger partial charge in [-0.1, -0.05) is 20.8 Å². The molecule has 0 bridgehead atoms. The Kier molecular flexibility index (Phi) is 7.22. The Labute approximate surface area is 127 Å². The number of nitrogens with zero attached hydrogens (tertiary/aromatic N) is 3. The number of nitrogen functional groups attached to an aromatic ring is 1. The second-order valence-electron chi connectivity index (χ2n) is 5.08. The highest BCUT2D eigenvalue weighted by atomic mass is 16.2. The molecule has 0 aliphatic heterocycles. The third-order valence-corrected chi connectivity index (χ3v) is 3.90. The van der Waals surface area contributed by atoms with Gasteiger partial charge in [-0.2, -0.15) is 5.10 Å². The zero-order valence-corrected chi connectivity index (χ0v) is 13.8. The average molecular weight is 295 g/mol. The standard InChI is InChI=1S/C15H29N5O/c1-5-12-13(16)14(18-17-12)15(21)20(8-4)11-9-10-19(6-2)7-3/h5-11,16H2,1-4H3,(H,17,18). The average Bonchev–Trinajstić information content (AvgIpc) is 2.88. The molecule has 0 spiro atoms. The number of aromatic nitrogens is 2. The van der Waals surface area contributed by atoms with E-state index in [4.69, 9.17) is 5.73 Å². The second kappa shape index (κ2) is 8.67. The summed E-state index contributed by atoms with van der Waals surface area (Å²) in [4.78, 5) is 16.7. The molecule has 3 N–H and O–H groups in total. The van der Waals surface area contributed by atoms with Crippen LogP contribution in [0, 0.1) is 0 Å². The zero-order chi connectivity index (χ0) is 15.8. The highest BCUT2D eigenvalue weighted by molar-refractivity contribution is 5.97. The fourth-order valence-electron chi connectivity index (χ4n) is 2.40. The summed E-state index contributed by atoms with van der Waals surface area (Å²) in [5.41, 5.74) is 7.66. The molecule has 1 amide bonds. The van der Waals surface area contributed by atoms with Crippen molar-refractivity contribution in [3.05, 3.63) is 11.4 Å². The van der Waals surface area contributed by atoms with Crippen molar-refractivity contribution in [2.45, 2.75) is 40.5 Å². The van der Waals surface area contributed by atoms with Gasteiger partial charge >= 0.3 is 0 Å². The molecule has 0 radical (unpaired) electrons. The molecule has 1 heterocycles. The van der Waals surface area contributed by atoms with E-state index in [9.17, 15) is 4.79 Å². The van der Waals surface area contributed by atoms with Crippen molar-refractivity contribution in [1.82, 2.24) is 20.0 Å². The minimum absolute atomic E-state index is 0.0782. The Morgan fingerprint density at radius 1 is 1.14 bits per heavy atom. The van der Waals surface area contributed by atoms with Crippen molar-refractivity contribution in [3.63, 3.8) is 0 Å². The number of nitrogens with one attached hydrogen (secondary N) is 1. The lowest BCUT2D eigenvalue weighted by molar-refractivity contribution is 0.0752. The molecule has 0 aliphatic rings. The number of rotatable bonds is 9. The third kappa shape index (κ3) is 4.46. The molecule has 0 unspecified atom stereocenters. The Balaban J connectivity index is 2.62. The summed E-state index contributed by atoms with van der Waals surface area (Å²) < 4.78 is 0. The van der Waals surface area contributed by atoms with Gasteiger partial charge in [-0.15, -0.1) is 0 Å². The summed E-state index contributed by atoms with van der Waals surface area (Å²) in [5.74, 6) is -0.0782.